The maximum absolute atomic E-state index is 13.2. The number of nitrogens with zero attached hydrogens (tertiary/aromatic N) is 8. The molecule has 6 heterocycles. The van der Waals surface area contributed by atoms with Gasteiger partial charge in [-0.05, 0) is 82.0 Å². The molecule has 1 atom stereocenters. The van der Waals surface area contributed by atoms with Crippen molar-refractivity contribution in [1.29, 1.82) is 0 Å². The lowest BCUT2D eigenvalue weighted by molar-refractivity contribution is -0.124. The minimum atomic E-state index is -0.0536. The number of anilines is 2. The van der Waals surface area contributed by atoms with Gasteiger partial charge in [-0.2, -0.15) is 15.0 Å². The van der Waals surface area contributed by atoms with Crippen molar-refractivity contribution in [3.8, 4) is 6.01 Å². The van der Waals surface area contributed by atoms with E-state index in [1.54, 1.807) is 12.2 Å². The molecule has 0 N–H and O–H groups in total. The number of ether oxygens (including phenoxy) is 1. The molecule has 5 aliphatic rings. The second kappa shape index (κ2) is 12.8. The Balaban J connectivity index is 0.971. The number of benzene rings is 2. The molecular formula is C38H43ClN8O3. The first-order valence-corrected chi connectivity index (χ1v) is 18.6. The smallest absolute Gasteiger partial charge is 0.318 e. The van der Waals surface area contributed by atoms with Crippen LogP contribution in [0.25, 0.3) is 16.8 Å². The number of likely N-dealkylation sites (tertiary alicyclic amines) is 1. The summed E-state index contributed by atoms with van der Waals surface area (Å²) < 4.78 is 11.9. The number of hydrogen-bond donors (Lipinski definition) is 0. The van der Waals surface area contributed by atoms with Gasteiger partial charge in [0.05, 0.1) is 22.8 Å². The fourth-order valence-electron chi connectivity index (χ4n) is 8.65. The lowest BCUT2D eigenvalue weighted by Crippen LogP contribution is -2.44. The van der Waals surface area contributed by atoms with Crippen LogP contribution >= 0.6 is 11.6 Å². The Labute approximate surface area is 297 Å². The number of fused-ring (bicyclic) bond motifs is 3. The van der Waals surface area contributed by atoms with E-state index in [0.717, 1.165) is 103 Å². The Bertz CT molecular complexity index is 1940. The van der Waals surface area contributed by atoms with Crippen LogP contribution in [0.15, 0.2) is 47.0 Å². The molecule has 1 unspecified atom stereocenters. The van der Waals surface area contributed by atoms with Crippen molar-refractivity contribution >= 4 is 45.9 Å². The lowest BCUT2D eigenvalue weighted by Gasteiger charge is -2.35. The largest absolute Gasteiger partial charge is 0.461 e. The molecule has 0 bridgehead atoms. The molecule has 11 nitrogen and oxygen atoms in total. The summed E-state index contributed by atoms with van der Waals surface area (Å²) in [6.45, 7) is 5.62. The van der Waals surface area contributed by atoms with Crippen molar-refractivity contribution < 1.29 is 14.1 Å². The van der Waals surface area contributed by atoms with Gasteiger partial charge in [-0.3, -0.25) is 9.69 Å². The number of hydrogen-bond acceptors (Lipinski definition) is 10. The van der Waals surface area contributed by atoms with Gasteiger partial charge in [0.15, 0.2) is 5.82 Å². The highest BCUT2D eigenvalue weighted by Crippen LogP contribution is 2.41. The number of aromatic nitrogens is 4. The molecule has 12 heteroatoms. The van der Waals surface area contributed by atoms with Gasteiger partial charge in [-0.25, -0.2) is 0 Å². The van der Waals surface area contributed by atoms with E-state index < -0.39 is 0 Å². The summed E-state index contributed by atoms with van der Waals surface area (Å²) in [7, 11) is 2.10. The first-order valence-electron chi connectivity index (χ1n) is 18.2. The molecule has 1 saturated carbocycles. The van der Waals surface area contributed by atoms with Gasteiger partial charge >= 0.3 is 6.01 Å². The molecule has 1 aliphatic carbocycles. The average molecular weight is 695 g/mol. The topological polar surface area (TPSA) is 104 Å². The van der Waals surface area contributed by atoms with Gasteiger partial charge in [0, 0.05) is 67.4 Å². The number of amides is 1. The molecule has 0 spiro atoms. The predicted molar refractivity (Wildman–Crippen MR) is 193 cm³/mol. The number of likely N-dealkylation sites (N-methyl/N-ethyl adjacent to an activating group) is 1. The standard InChI is InChI=1S/C38H43ClN8O3/c1-44(27-14-20-46(22-27)33(48)13-12-32-41-35(43-50-32)26-10-11-26)36-28-15-21-45(31-9-3-7-25-6-2-8-29(39)34(25)31)23-30(28)40-37(42-36)49-24-38-16-4-18-47(38)19-5-17-38/h2-3,6-9,12-13,26-27H,4-5,10-11,14-24H2,1H3/b13-12+. The monoisotopic (exact) mass is 694 g/mol. The third-order valence-corrected chi connectivity index (χ3v) is 11.9. The van der Waals surface area contributed by atoms with Crippen molar-refractivity contribution in [2.45, 2.75) is 75.4 Å². The fourth-order valence-corrected chi connectivity index (χ4v) is 8.93. The SMILES string of the molecule is CN(c1nc(OCC23CCCN2CCC3)nc2c1CCN(c1cccc3cccc(Cl)c13)C2)C1CCN(C(=O)/C=C/c2nc(C3CC3)no2)C1. The second-order valence-corrected chi connectivity index (χ2v) is 15.1. The molecule has 4 fully saturated rings. The van der Waals surface area contributed by atoms with Crippen LogP contribution in [0.1, 0.15) is 73.8 Å². The number of halogens is 1. The van der Waals surface area contributed by atoms with E-state index in [-0.39, 0.29) is 17.5 Å². The minimum absolute atomic E-state index is 0.0536. The van der Waals surface area contributed by atoms with E-state index in [9.17, 15) is 4.79 Å². The van der Waals surface area contributed by atoms with Gasteiger partial charge < -0.3 is 24.0 Å². The van der Waals surface area contributed by atoms with E-state index in [1.807, 2.05) is 17.0 Å². The quantitative estimate of drug-likeness (QED) is 0.198. The van der Waals surface area contributed by atoms with E-state index >= 15 is 0 Å². The summed E-state index contributed by atoms with van der Waals surface area (Å²) in [5.41, 5.74) is 3.34. The molecule has 3 saturated heterocycles. The van der Waals surface area contributed by atoms with Gasteiger partial charge in [-0.15, -0.1) is 0 Å². The van der Waals surface area contributed by atoms with Gasteiger partial charge in [0.1, 0.15) is 12.4 Å². The molecule has 260 valence electrons. The summed E-state index contributed by atoms with van der Waals surface area (Å²) >= 11 is 6.77. The Morgan fingerprint density at radius 3 is 2.70 bits per heavy atom. The summed E-state index contributed by atoms with van der Waals surface area (Å²) in [5.74, 6) is 2.38. The average Bonchev–Trinajstić information content (AvgIpc) is 3.48. The summed E-state index contributed by atoms with van der Waals surface area (Å²) in [6.07, 6.45) is 11.8. The summed E-state index contributed by atoms with van der Waals surface area (Å²) in [5, 5.41) is 7.00. The van der Waals surface area contributed by atoms with Crippen molar-refractivity contribution in [1.82, 2.24) is 29.9 Å². The zero-order valence-electron chi connectivity index (χ0n) is 28.6. The molecule has 0 radical (unpaired) electrons. The second-order valence-electron chi connectivity index (χ2n) is 14.7. The maximum atomic E-state index is 13.2. The molecule has 1 amide bonds. The van der Waals surface area contributed by atoms with Crippen molar-refractivity contribution in [2.24, 2.45) is 0 Å². The third-order valence-electron chi connectivity index (χ3n) is 11.6. The zero-order chi connectivity index (χ0) is 33.8. The van der Waals surface area contributed by atoms with Crippen LogP contribution in [0, 0.1) is 0 Å². The highest BCUT2D eigenvalue weighted by atomic mass is 35.5. The van der Waals surface area contributed by atoms with Crippen LogP contribution in [-0.2, 0) is 17.8 Å². The van der Waals surface area contributed by atoms with E-state index in [4.69, 9.17) is 30.8 Å². The molecule has 4 aromatic rings. The van der Waals surface area contributed by atoms with Crippen LogP contribution in [0.5, 0.6) is 6.01 Å². The first-order chi connectivity index (χ1) is 24.4. The zero-order valence-corrected chi connectivity index (χ0v) is 29.3. The van der Waals surface area contributed by atoms with Gasteiger partial charge in [0.2, 0.25) is 5.91 Å². The van der Waals surface area contributed by atoms with Crippen LogP contribution in [0.4, 0.5) is 11.5 Å². The third kappa shape index (κ3) is 5.88. The predicted octanol–water partition coefficient (Wildman–Crippen LogP) is 5.86. The van der Waals surface area contributed by atoms with Crippen molar-refractivity contribution in [2.75, 3.05) is 56.2 Å². The molecule has 2 aromatic carbocycles. The number of carbonyl (C=O) groups is 1. The molecule has 50 heavy (non-hydrogen) atoms. The van der Waals surface area contributed by atoms with Crippen molar-refractivity contribution in [3.63, 3.8) is 0 Å². The van der Waals surface area contributed by atoms with Crippen molar-refractivity contribution in [3.05, 3.63) is 70.5 Å². The van der Waals surface area contributed by atoms with Gasteiger partial charge in [-0.1, -0.05) is 41.0 Å². The molecule has 4 aliphatic heterocycles. The van der Waals surface area contributed by atoms with E-state index in [1.165, 1.54) is 12.8 Å². The summed E-state index contributed by atoms with van der Waals surface area (Å²) in [4.78, 5) is 37.0. The fraction of sp³-hybridized carbons (Fsp3) is 0.500. The molecule has 2 aromatic heterocycles. The van der Waals surface area contributed by atoms with Crippen LogP contribution in [0.2, 0.25) is 5.02 Å². The molecular weight excluding hydrogens is 652 g/mol. The number of carbonyl (C=O) groups excluding carboxylic acids is 1. The summed E-state index contributed by atoms with van der Waals surface area (Å²) in [6, 6.07) is 13.0. The van der Waals surface area contributed by atoms with Gasteiger partial charge in [0.25, 0.3) is 5.89 Å². The first kappa shape index (κ1) is 31.7. The normalized spacial score (nSPS) is 21.7. The molecule has 9 rings (SSSR count). The Kier molecular flexibility index (Phi) is 8.15. The lowest BCUT2D eigenvalue weighted by atomic mass is 9.95. The minimum Gasteiger partial charge on any atom is -0.461 e. The Morgan fingerprint density at radius 2 is 1.88 bits per heavy atom. The van der Waals surface area contributed by atoms with Crippen LogP contribution < -0.4 is 14.5 Å². The highest BCUT2D eigenvalue weighted by Gasteiger charge is 2.45. The highest BCUT2D eigenvalue weighted by molar-refractivity contribution is 6.36. The van der Waals surface area contributed by atoms with E-state index in [2.05, 4.69) is 56.2 Å². The van der Waals surface area contributed by atoms with Crippen LogP contribution in [-0.4, -0.2) is 93.8 Å². The maximum Gasteiger partial charge on any atom is 0.318 e. The Hall–Kier alpha value is -4.22. The number of rotatable bonds is 9. The van der Waals surface area contributed by atoms with Crippen LogP contribution in [0.3, 0.4) is 0 Å². The van der Waals surface area contributed by atoms with E-state index in [0.29, 0.717) is 44.1 Å². The Morgan fingerprint density at radius 1 is 1.06 bits per heavy atom.